The van der Waals surface area contributed by atoms with Crippen LogP contribution in [0.1, 0.15) is 22.8 Å². The molecule has 0 unspecified atom stereocenters. The van der Waals surface area contributed by atoms with Crippen molar-refractivity contribution in [2.45, 2.75) is 20.4 Å². The molecule has 2 aromatic carbocycles. The van der Waals surface area contributed by atoms with Crippen molar-refractivity contribution < 1.29 is 4.79 Å². The van der Waals surface area contributed by atoms with Crippen molar-refractivity contribution in [1.82, 2.24) is 15.0 Å². The molecule has 0 radical (unpaired) electrons. The first kappa shape index (κ1) is 14.5. The molecule has 22 heavy (non-hydrogen) atoms. The largest absolute Gasteiger partial charge is 0.322 e. The quantitative estimate of drug-likeness (QED) is 0.802. The Kier molecular flexibility index (Phi) is 3.81. The zero-order chi connectivity index (χ0) is 15.7. The van der Waals surface area contributed by atoms with Gasteiger partial charge in [-0.3, -0.25) is 4.79 Å². The van der Waals surface area contributed by atoms with Crippen LogP contribution in [0.5, 0.6) is 0 Å². The summed E-state index contributed by atoms with van der Waals surface area (Å²) >= 11 is 5.97. The van der Waals surface area contributed by atoms with Gasteiger partial charge in [0.1, 0.15) is 5.52 Å². The Morgan fingerprint density at radius 1 is 1.27 bits per heavy atom. The Labute approximate surface area is 132 Å². The minimum Gasteiger partial charge on any atom is -0.322 e. The van der Waals surface area contributed by atoms with E-state index in [-0.39, 0.29) is 5.91 Å². The first-order chi connectivity index (χ1) is 10.6. The normalized spacial score (nSPS) is 10.9. The zero-order valence-electron chi connectivity index (χ0n) is 12.3. The smallest absolute Gasteiger partial charge is 0.255 e. The molecule has 3 aromatic rings. The van der Waals surface area contributed by atoms with Crippen LogP contribution in [0.15, 0.2) is 36.4 Å². The first-order valence-electron chi connectivity index (χ1n) is 6.99. The second-order valence-electron chi connectivity index (χ2n) is 5.02. The molecule has 1 amide bonds. The van der Waals surface area contributed by atoms with Gasteiger partial charge in [0.25, 0.3) is 5.91 Å². The number of aromatic nitrogens is 3. The summed E-state index contributed by atoms with van der Waals surface area (Å²) in [5, 5.41) is 11.6. The summed E-state index contributed by atoms with van der Waals surface area (Å²) in [6.45, 7) is 4.66. The van der Waals surface area contributed by atoms with Crippen LogP contribution in [0.3, 0.4) is 0 Å². The van der Waals surface area contributed by atoms with Gasteiger partial charge >= 0.3 is 0 Å². The van der Waals surface area contributed by atoms with Crippen molar-refractivity contribution in [2.75, 3.05) is 5.32 Å². The summed E-state index contributed by atoms with van der Waals surface area (Å²) in [4.78, 5) is 12.4. The van der Waals surface area contributed by atoms with Gasteiger partial charge < -0.3 is 5.32 Å². The van der Waals surface area contributed by atoms with E-state index in [0.717, 1.165) is 17.6 Å². The number of nitrogens with one attached hydrogen (secondary N) is 1. The van der Waals surface area contributed by atoms with E-state index >= 15 is 0 Å². The number of carbonyl (C=O) groups excluding carboxylic acids is 1. The van der Waals surface area contributed by atoms with Crippen LogP contribution >= 0.6 is 11.6 Å². The molecule has 112 valence electrons. The summed E-state index contributed by atoms with van der Waals surface area (Å²) in [5.74, 6) is -0.196. The van der Waals surface area contributed by atoms with Crippen molar-refractivity contribution in [3.05, 3.63) is 52.5 Å². The number of fused-ring (bicyclic) bond motifs is 1. The predicted molar refractivity (Wildman–Crippen MR) is 87.3 cm³/mol. The molecule has 0 aliphatic carbocycles. The van der Waals surface area contributed by atoms with E-state index in [1.807, 2.05) is 26.0 Å². The Bertz CT molecular complexity index is 856. The lowest BCUT2D eigenvalue weighted by Crippen LogP contribution is -2.12. The summed E-state index contributed by atoms with van der Waals surface area (Å²) < 4.78 is 1.79. The first-order valence-corrected chi connectivity index (χ1v) is 7.37. The third kappa shape index (κ3) is 2.67. The number of anilines is 1. The van der Waals surface area contributed by atoms with Gasteiger partial charge in [-0.1, -0.05) is 22.9 Å². The number of carbonyl (C=O) groups is 1. The molecule has 5 nitrogen and oxygen atoms in total. The minimum absolute atomic E-state index is 0.196. The molecule has 1 N–H and O–H groups in total. The molecular formula is C16H15ClN4O. The summed E-state index contributed by atoms with van der Waals surface area (Å²) in [6, 6.07) is 10.8. The lowest BCUT2D eigenvalue weighted by atomic mass is 10.1. The van der Waals surface area contributed by atoms with Crippen LogP contribution in [0.2, 0.25) is 5.02 Å². The van der Waals surface area contributed by atoms with Crippen LogP contribution in [0, 0.1) is 6.92 Å². The fourth-order valence-corrected chi connectivity index (χ4v) is 2.44. The molecule has 0 spiro atoms. The van der Waals surface area contributed by atoms with Crippen LogP contribution < -0.4 is 5.32 Å². The fourth-order valence-electron chi connectivity index (χ4n) is 2.27. The Morgan fingerprint density at radius 3 is 2.86 bits per heavy atom. The second-order valence-corrected chi connectivity index (χ2v) is 5.46. The number of hydrogen-bond acceptors (Lipinski definition) is 3. The average Bonchev–Trinajstić information content (AvgIpc) is 2.93. The lowest BCUT2D eigenvalue weighted by molar-refractivity contribution is 0.102. The van der Waals surface area contributed by atoms with E-state index in [4.69, 9.17) is 11.6 Å². The maximum Gasteiger partial charge on any atom is 0.255 e. The monoisotopic (exact) mass is 314 g/mol. The third-order valence-electron chi connectivity index (χ3n) is 3.52. The Morgan fingerprint density at radius 2 is 2.09 bits per heavy atom. The van der Waals surface area contributed by atoms with E-state index in [1.165, 1.54) is 0 Å². The highest BCUT2D eigenvalue weighted by atomic mass is 35.5. The molecule has 1 aromatic heterocycles. The molecule has 0 aliphatic rings. The second kappa shape index (κ2) is 5.77. The van der Waals surface area contributed by atoms with Crippen LogP contribution in [0.4, 0.5) is 5.69 Å². The maximum atomic E-state index is 12.4. The van der Waals surface area contributed by atoms with E-state index in [9.17, 15) is 4.79 Å². The number of nitrogens with zero attached hydrogens (tertiary/aromatic N) is 3. The van der Waals surface area contributed by atoms with Gasteiger partial charge in [0.05, 0.1) is 5.52 Å². The highest BCUT2D eigenvalue weighted by Crippen LogP contribution is 2.21. The maximum absolute atomic E-state index is 12.4. The average molecular weight is 315 g/mol. The topological polar surface area (TPSA) is 59.8 Å². The molecule has 0 aliphatic heterocycles. The van der Waals surface area contributed by atoms with Crippen LogP contribution in [-0.2, 0) is 6.54 Å². The number of amides is 1. The lowest BCUT2D eigenvalue weighted by Gasteiger charge is -2.09. The Balaban J connectivity index is 1.90. The minimum atomic E-state index is -0.196. The zero-order valence-corrected chi connectivity index (χ0v) is 13.1. The van der Waals surface area contributed by atoms with Gasteiger partial charge in [-0.2, -0.15) is 0 Å². The van der Waals surface area contributed by atoms with Crippen LogP contribution in [0.25, 0.3) is 11.0 Å². The van der Waals surface area contributed by atoms with Gasteiger partial charge in [-0.05, 0) is 49.7 Å². The SMILES string of the molecule is CCn1nnc2cc(C(=O)Nc3cc(Cl)ccc3C)ccc21. The highest BCUT2D eigenvalue weighted by Gasteiger charge is 2.11. The van der Waals surface area contributed by atoms with Crippen LogP contribution in [-0.4, -0.2) is 20.9 Å². The molecular weight excluding hydrogens is 300 g/mol. The van der Waals surface area contributed by atoms with Gasteiger partial charge in [0, 0.05) is 22.8 Å². The number of rotatable bonds is 3. The number of halogens is 1. The number of aryl methyl sites for hydroxylation is 2. The van der Waals surface area contributed by atoms with Crippen molar-refractivity contribution in [1.29, 1.82) is 0 Å². The highest BCUT2D eigenvalue weighted by molar-refractivity contribution is 6.31. The van der Waals surface area contributed by atoms with Gasteiger partial charge in [0.15, 0.2) is 0 Å². The van der Waals surface area contributed by atoms with Gasteiger partial charge in [0.2, 0.25) is 0 Å². The number of benzene rings is 2. The van der Waals surface area contributed by atoms with Crippen molar-refractivity contribution in [3.8, 4) is 0 Å². The van der Waals surface area contributed by atoms with Crippen molar-refractivity contribution >= 4 is 34.2 Å². The van der Waals surface area contributed by atoms with E-state index < -0.39 is 0 Å². The van der Waals surface area contributed by atoms with E-state index in [2.05, 4.69) is 15.6 Å². The third-order valence-corrected chi connectivity index (χ3v) is 3.76. The molecule has 1 heterocycles. The molecule has 6 heteroatoms. The molecule has 0 atom stereocenters. The molecule has 3 rings (SSSR count). The van der Waals surface area contributed by atoms with E-state index in [1.54, 1.807) is 28.9 Å². The predicted octanol–water partition coefficient (Wildman–Crippen LogP) is 3.67. The van der Waals surface area contributed by atoms with Gasteiger partial charge in [-0.15, -0.1) is 5.10 Å². The summed E-state index contributed by atoms with van der Waals surface area (Å²) in [5.41, 5.74) is 3.82. The van der Waals surface area contributed by atoms with Crippen molar-refractivity contribution in [2.24, 2.45) is 0 Å². The molecule has 0 fully saturated rings. The van der Waals surface area contributed by atoms with Gasteiger partial charge in [-0.25, -0.2) is 4.68 Å². The molecule has 0 saturated heterocycles. The fraction of sp³-hybridized carbons (Fsp3) is 0.188. The van der Waals surface area contributed by atoms with Crippen molar-refractivity contribution in [3.63, 3.8) is 0 Å². The number of hydrogen-bond donors (Lipinski definition) is 1. The van der Waals surface area contributed by atoms with E-state index in [0.29, 0.717) is 21.8 Å². The summed E-state index contributed by atoms with van der Waals surface area (Å²) in [6.07, 6.45) is 0. The molecule has 0 bridgehead atoms. The Hall–Kier alpha value is -2.40. The molecule has 0 saturated carbocycles. The summed E-state index contributed by atoms with van der Waals surface area (Å²) in [7, 11) is 0. The standard InChI is InChI=1S/C16H15ClN4O/c1-3-21-15-7-5-11(8-14(15)19-20-21)16(22)18-13-9-12(17)6-4-10(13)2/h4-9H,3H2,1-2H3,(H,18,22).